The lowest BCUT2D eigenvalue weighted by Gasteiger charge is -2.09. The Balaban J connectivity index is 2.02. The molecule has 0 fully saturated rings. The molecule has 2 aromatic carbocycles. The van der Waals surface area contributed by atoms with E-state index in [1.54, 1.807) is 18.2 Å². The lowest BCUT2D eigenvalue weighted by atomic mass is 10.1. The third kappa shape index (κ3) is 3.32. The Labute approximate surface area is 144 Å². The Morgan fingerprint density at radius 3 is 2.00 bits per heavy atom. The molecular formula is C16H15N3O5S. The van der Waals surface area contributed by atoms with Crippen LogP contribution in [0, 0.1) is 0 Å². The molecule has 0 radical (unpaired) electrons. The topological polar surface area (TPSA) is 118 Å². The fraction of sp³-hybridized carbons (Fsp3) is 0.125. The van der Waals surface area contributed by atoms with Gasteiger partial charge in [0.25, 0.3) is 5.89 Å². The Bertz CT molecular complexity index is 975. The summed E-state index contributed by atoms with van der Waals surface area (Å²) in [5.74, 6) is 1.50. The summed E-state index contributed by atoms with van der Waals surface area (Å²) < 4.78 is 39.0. The number of ether oxygens (including phenoxy) is 2. The number of sulfonamides is 1. The molecule has 0 amide bonds. The zero-order chi connectivity index (χ0) is 18.0. The third-order valence-corrected chi connectivity index (χ3v) is 4.43. The Morgan fingerprint density at radius 2 is 1.48 bits per heavy atom. The molecule has 1 aromatic heterocycles. The number of rotatable bonds is 5. The average molecular weight is 361 g/mol. The SMILES string of the molecule is COc1cccc(OC)c1-c1nnc(-c2ccc(S(N)(=O)=O)cc2)o1. The molecule has 0 aliphatic rings. The quantitative estimate of drug-likeness (QED) is 0.739. The van der Waals surface area contributed by atoms with Gasteiger partial charge in [-0.2, -0.15) is 0 Å². The minimum atomic E-state index is -3.76. The second-order valence-corrected chi connectivity index (χ2v) is 6.58. The highest BCUT2D eigenvalue weighted by molar-refractivity contribution is 7.89. The first-order valence-electron chi connectivity index (χ1n) is 7.12. The summed E-state index contributed by atoms with van der Waals surface area (Å²) in [4.78, 5) is 0.00221. The van der Waals surface area contributed by atoms with Crippen LogP contribution in [0.4, 0.5) is 0 Å². The number of methoxy groups -OCH3 is 2. The van der Waals surface area contributed by atoms with Crippen molar-refractivity contribution in [3.63, 3.8) is 0 Å². The van der Waals surface area contributed by atoms with Gasteiger partial charge in [0.1, 0.15) is 17.1 Å². The van der Waals surface area contributed by atoms with Gasteiger partial charge < -0.3 is 13.9 Å². The number of primary sulfonamides is 1. The maximum atomic E-state index is 11.3. The van der Waals surface area contributed by atoms with Crippen LogP contribution in [0.2, 0.25) is 0 Å². The van der Waals surface area contributed by atoms with Crippen LogP contribution in [-0.2, 0) is 10.0 Å². The summed E-state index contributed by atoms with van der Waals surface area (Å²) in [6.45, 7) is 0. The van der Waals surface area contributed by atoms with Crippen molar-refractivity contribution in [3.8, 4) is 34.4 Å². The van der Waals surface area contributed by atoms with Crippen molar-refractivity contribution in [1.29, 1.82) is 0 Å². The molecule has 0 aliphatic heterocycles. The highest BCUT2D eigenvalue weighted by Gasteiger charge is 2.19. The number of hydrogen-bond acceptors (Lipinski definition) is 7. The van der Waals surface area contributed by atoms with Crippen LogP contribution in [0.15, 0.2) is 51.8 Å². The molecule has 130 valence electrons. The largest absolute Gasteiger partial charge is 0.496 e. The predicted molar refractivity (Wildman–Crippen MR) is 89.6 cm³/mol. The molecule has 2 N–H and O–H groups in total. The normalized spacial score (nSPS) is 11.3. The van der Waals surface area contributed by atoms with Crippen molar-refractivity contribution >= 4 is 10.0 Å². The molecule has 0 bridgehead atoms. The maximum Gasteiger partial charge on any atom is 0.255 e. The van der Waals surface area contributed by atoms with Gasteiger partial charge in [0, 0.05) is 5.56 Å². The van der Waals surface area contributed by atoms with E-state index in [1.807, 2.05) is 0 Å². The second-order valence-electron chi connectivity index (χ2n) is 5.02. The molecule has 0 aliphatic carbocycles. The first-order chi connectivity index (χ1) is 11.9. The van der Waals surface area contributed by atoms with E-state index >= 15 is 0 Å². The predicted octanol–water partition coefficient (Wildman–Crippen LogP) is 2.07. The molecule has 0 atom stereocenters. The van der Waals surface area contributed by atoms with Gasteiger partial charge in [-0.05, 0) is 36.4 Å². The van der Waals surface area contributed by atoms with Gasteiger partial charge >= 0.3 is 0 Å². The standard InChI is InChI=1S/C16H15N3O5S/c1-22-12-4-3-5-13(23-2)14(12)16-19-18-15(24-16)10-6-8-11(9-7-10)25(17,20)21/h3-9H,1-2H3,(H2,17,20,21). The Kier molecular flexibility index (Phi) is 4.43. The van der Waals surface area contributed by atoms with Crippen LogP contribution in [0.1, 0.15) is 0 Å². The number of aromatic nitrogens is 2. The lowest BCUT2D eigenvalue weighted by Crippen LogP contribution is -2.11. The van der Waals surface area contributed by atoms with Crippen LogP contribution >= 0.6 is 0 Å². The van der Waals surface area contributed by atoms with Gasteiger partial charge in [0.05, 0.1) is 19.1 Å². The van der Waals surface area contributed by atoms with E-state index in [9.17, 15) is 8.42 Å². The number of nitrogens with two attached hydrogens (primary N) is 1. The van der Waals surface area contributed by atoms with E-state index in [0.29, 0.717) is 22.6 Å². The van der Waals surface area contributed by atoms with Gasteiger partial charge in [-0.1, -0.05) is 6.07 Å². The van der Waals surface area contributed by atoms with Crippen molar-refractivity contribution in [2.75, 3.05) is 14.2 Å². The molecule has 3 rings (SSSR count). The summed E-state index contributed by atoms with van der Waals surface area (Å²) in [5, 5.41) is 13.1. The monoisotopic (exact) mass is 361 g/mol. The molecule has 0 saturated carbocycles. The Hall–Kier alpha value is -2.91. The van der Waals surface area contributed by atoms with Crippen molar-refractivity contribution in [2.24, 2.45) is 5.14 Å². The summed E-state index contributed by atoms with van der Waals surface area (Å²) >= 11 is 0. The van der Waals surface area contributed by atoms with E-state index in [0.717, 1.165) is 0 Å². The minimum Gasteiger partial charge on any atom is -0.496 e. The van der Waals surface area contributed by atoms with Crippen molar-refractivity contribution in [2.45, 2.75) is 4.90 Å². The lowest BCUT2D eigenvalue weighted by molar-refractivity contribution is 0.394. The van der Waals surface area contributed by atoms with Crippen LogP contribution < -0.4 is 14.6 Å². The summed E-state index contributed by atoms with van der Waals surface area (Å²) in [6, 6.07) is 11.1. The molecule has 9 heteroatoms. The summed E-state index contributed by atoms with van der Waals surface area (Å²) in [5.41, 5.74) is 1.09. The number of nitrogens with zero attached hydrogens (tertiary/aromatic N) is 2. The van der Waals surface area contributed by atoms with Gasteiger partial charge in [0.15, 0.2) is 0 Å². The fourth-order valence-electron chi connectivity index (χ4n) is 2.29. The van der Waals surface area contributed by atoms with Gasteiger partial charge in [-0.25, -0.2) is 13.6 Å². The first-order valence-corrected chi connectivity index (χ1v) is 8.67. The van der Waals surface area contributed by atoms with Gasteiger partial charge in [0.2, 0.25) is 15.9 Å². The Morgan fingerprint density at radius 1 is 0.920 bits per heavy atom. The maximum absolute atomic E-state index is 11.3. The van der Waals surface area contributed by atoms with E-state index in [4.69, 9.17) is 19.0 Å². The van der Waals surface area contributed by atoms with Crippen molar-refractivity contribution in [3.05, 3.63) is 42.5 Å². The smallest absolute Gasteiger partial charge is 0.255 e. The van der Waals surface area contributed by atoms with E-state index < -0.39 is 10.0 Å². The first kappa shape index (κ1) is 16.9. The average Bonchev–Trinajstić information content (AvgIpc) is 3.10. The number of hydrogen-bond donors (Lipinski definition) is 1. The van der Waals surface area contributed by atoms with Crippen LogP contribution in [0.3, 0.4) is 0 Å². The highest BCUT2D eigenvalue weighted by atomic mass is 32.2. The van der Waals surface area contributed by atoms with E-state index in [1.165, 1.54) is 38.5 Å². The molecule has 25 heavy (non-hydrogen) atoms. The molecule has 0 spiro atoms. The molecule has 8 nitrogen and oxygen atoms in total. The zero-order valence-electron chi connectivity index (χ0n) is 13.5. The van der Waals surface area contributed by atoms with Crippen LogP contribution in [0.25, 0.3) is 22.9 Å². The molecule has 0 unspecified atom stereocenters. The summed E-state index contributed by atoms with van der Waals surface area (Å²) in [6.07, 6.45) is 0. The van der Waals surface area contributed by atoms with Crippen LogP contribution in [0.5, 0.6) is 11.5 Å². The van der Waals surface area contributed by atoms with Gasteiger partial charge in [-0.3, -0.25) is 0 Å². The minimum absolute atomic E-state index is 0.00221. The second kappa shape index (κ2) is 6.54. The number of benzene rings is 2. The molecular weight excluding hydrogens is 346 g/mol. The van der Waals surface area contributed by atoms with Crippen molar-refractivity contribution in [1.82, 2.24) is 10.2 Å². The van der Waals surface area contributed by atoms with Gasteiger partial charge in [-0.15, -0.1) is 10.2 Å². The molecule has 1 heterocycles. The summed E-state index contributed by atoms with van der Waals surface area (Å²) in [7, 11) is -0.699. The molecule has 0 saturated heterocycles. The highest BCUT2D eigenvalue weighted by Crippen LogP contribution is 2.38. The fourth-order valence-corrected chi connectivity index (χ4v) is 2.81. The van der Waals surface area contributed by atoms with Crippen LogP contribution in [-0.4, -0.2) is 32.8 Å². The van der Waals surface area contributed by atoms with E-state index in [-0.39, 0.29) is 16.7 Å². The van der Waals surface area contributed by atoms with E-state index in [2.05, 4.69) is 10.2 Å². The van der Waals surface area contributed by atoms with Crippen molar-refractivity contribution < 1.29 is 22.3 Å². The molecule has 3 aromatic rings. The zero-order valence-corrected chi connectivity index (χ0v) is 14.3. The third-order valence-electron chi connectivity index (χ3n) is 3.50.